The predicted molar refractivity (Wildman–Crippen MR) is 157 cm³/mol. The van der Waals surface area contributed by atoms with E-state index < -0.39 is 9.85 Å². The Kier molecular flexibility index (Phi) is 9.50. The predicted octanol–water partition coefficient (Wildman–Crippen LogP) is 5.85. The highest BCUT2D eigenvalue weighted by Crippen LogP contribution is 2.33. The minimum absolute atomic E-state index is 0.0506. The highest BCUT2D eigenvalue weighted by atomic mass is 16.6. The zero-order valence-electron chi connectivity index (χ0n) is 22.8. The number of pyridine rings is 2. The highest BCUT2D eigenvalue weighted by Gasteiger charge is 2.16. The highest BCUT2D eigenvalue weighted by molar-refractivity contribution is 5.72. The van der Waals surface area contributed by atoms with Crippen LogP contribution in [-0.2, 0) is 0 Å². The Morgan fingerprint density at radius 2 is 1.26 bits per heavy atom. The van der Waals surface area contributed by atoms with Crippen LogP contribution in [0.4, 0.5) is 22.7 Å². The van der Waals surface area contributed by atoms with Gasteiger partial charge in [0.15, 0.2) is 12.1 Å². The van der Waals surface area contributed by atoms with Gasteiger partial charge in [0.2, 0.25) is 0 Å². The summed E-state index contributed by atoms with van der Waals surface area (Å²) < 4.78 is 11.2. The molecule has 0 aliphatic heterocycles. The van der Waals surface area contributed by atoms with Gasteiger partial charge in [-0.2, -0.15) is 0 Å². The van der Waals surface area contributed by atoms with Crippen molar-refractivity contribution in [3.8, 4) is 34.5 Å². The first-order chi connectivity index (χ1) is 20.8. The number of imidazole rings is 1. The fourth-order valence-corrected chi connectivity index (χ4v) is 3.71. The summed E-state index contributed by atoms with van der Waals surface area (Å²) in [4.78, 5) is 46.8. The molecule has 0 fully saturated rings. The zero-order valence-corrected chi connectivity index (χ0v) is 22.8. The summed E-state index contributed by atoms with van der Waals surface area (Å²) in [6.45, 7) is 0. The van der Waals surface area contributed by atoms with E-state index in [1.165, 1.54) is 24.4 Å². The van der Waals surface area contributed by atoms with Crippen LogP contribution in [0.15, 0.2) is 85.5 Å². The van der Waals surface area contributed by atoms with Crippen molar-refractivity contribution in [3.63, 3.8) is 0 Å². The zero-order chi connectivity index (χ0) is 30.8. The number of aromatic amines is 1. The summed E-state index contributed by atoms with van der Waals surface area (Å²) >= 11 is 0. The summed E-state index contributed by atoms with van der Waals surface area (Å²) in [6, 6.07) is 15.5. The molecule has 0 saturated heterocycles. The molecule has 0 spiro atoms. The number of aldehydes is 1. The number of nitrogens with zero attached hydrogens (tertiary/aromatic N) is 5. The van der Waals surface area contributed by atoms with Crippen molar-refractivity contribution >= 4 is 29.0 Å². The molecule has 43 heavy (non-hydrogen) atoms. The third-order valence-corrected chi connectivity index (χ3v) is 5.69. The third-order valence-electron chi connectivity index (χ3n) is 5.69. The number of H-pyrrole nitrogens is 1. The molecule has 5 aromatic rings. The van der Waals surface area contributed by atoms with Crippen LogP contribution in [0, 0.1) is 20.2 Å². The van der Waals surface area contributed by atoms with E-state index in [0.717, 1.165) is 0 Å². The average Bonchev–Trinajstić information content (AvgIpc) is 3.57. The number of hydrogen-bond donors (Lipinski definition) is 3. The van der Waals surface area contributed by atoms with Gasteiger partial charge in [-0.05, 0) is 36.4 Å². The van der Waals surface area contributed by atoms with Crippen LogP contribution in [0.25, 0.3) is 11.5 Å². The molecule has 3 heterocycles. The Hall–Kier alpha value is -6.38. The van der Waals surface area contributed by atoms with Crippen LogP contribution in [0.5, 0.6) is 23.0 Å². The number of benzene rings is 2. The fourth-order valence-electron chi connectivity index (χ4n) is 3.71. The first-order valence-electron chi connectivity index (χ1n) is 12.5. The van der Waals surface area contributed by atoms with Gasteiger partial charge >= 0.3 is 0 Å². The number of aromatic nitrogens is 4. The molecule has 0 aliphatic carbocycles. The van der Waals surface area contributed by atoms with Gasteiger partial charge in [0.25, 0.3) is 11.4 Å². The van der Waals surface area contributed by atoms with Crippen molar-refractivity contribution in [1.29, 1.82) is 0 Å². The van der Waals surface area contributed by atoms with Crippen LogP contribution in [0.3, 0.4) is 0 Å². The van der Waals surface area contributed by atoms with Gasteiger partial charge in [-0.3, -0.25) is 35.0 Å². The molecule has 0 unspecified atom stereocenters. The number of carbonyl (C=O) groups is 1. The topological polar surface area (TPSA) is 200 Å². The van der Waals surface area contributed by atoms with Crippen molar-refractivity contribution < 1.29 is 24.1 Å². The van der Waals surface area contributed by atoms with Gasteiger partial charge < -0.3 is 25.1 Å². The maximum atomic E-state index is 11.1. The molecule has 2 aromatic carbocycles. The molecule has 0 radical (unpaired) electrons. The van der Waals surface area contributed by atoms with Crippen LogP contribution in [-0.4, -0.2) is 50.2 Å². The van der Waals surface area contributed by atoms with Crippen LogP contribution >= 0.6 is 0 Å². The number of anilines is 2. The molecule has 0 aliphatic rings. The molecule has 3 N–H and O–H groups in total. The second-order valence-electron chi connectivity index (χ2n) is 8.43. The van der Waals surface area contributed by atoms with Gasteiger partial charge in [0, 0.05) is 51.0 Å². The number of ether oxygens (including phenoxy) is 2. The lowest BCUT2D eigenvalue weighted by Crippen LogP contribution is -1.97. The smallest absolute Gasteiger partial charge is 0.296 e. The summed E-state index contributed by atoms with van der Waals surface area (Å²) in [5.41, 5.74) is 1.52. The van der Waals surface area contributed by atoms with Gasteiger partial charge in [-0.15, -0.1) is 0 Å². The van der Waals surface area contributed by atoms with Crippen LogP contribution in [0.1, 0.15) is 10.5 Å². The number of hydrogen-bond acceptors (Lipinski definition) is 12. The Labute approximate surface area is 243 Å². The molecular formula is C28H24N8O7. The number of nitro groups is 2. The normalized spacial score (nSPS) is 10.1. The molecular weight excluding hydrogens is 560 g/mol. The molecule has 15 heteroatoms. The third kappa shape index (κ3) is 7.63. The summed E-state index contributed by atoms with van der Waals surface area (Å²) in [7, 11) is 3.23. The number of nitrogens with one attached hydrogen (secondary N) is 3. The fraction of sp³-hybridized carbons (Fsp3) is 0.0714. The van der Waals surface area contributed by atoms with E-state index in [-0.39, 0.29) is 17.1 Å². The first kappa shape index (κ1) is 29.6. The molecule has 3 aromatic heterocycles. The van der Waals surface area contributed by atoms with Gasteiger partial charge in [-0.1, -0.05) is 0 Å². The average molecular weight is 585 g/mol. The van der Waals surface area contributed by atoms with Gasteiger partial charge in [0.1, 0.15) is 45.8 Å². The molecule has 5 rings (SSSR count). The maximum Gasteiger partial charge on any atom is 0.296 e. The molecule has 0 saturated carbocycles. The number of carbonyl (C=O) groups excluding carboxylic acids is 1. The van der Waals surface area contributed by atoms with Crippen LogP contribution in [0.2, 0.25) is 0 Å². The second-order valence-corrected chi connectivity index (χ2v) is 8.43. The standard InChI is InChI=1S/C15H13N5O3.C13H11N3O4/c1-16-12-3-2-10(9-14(12)20(21)22)23-11-4-5-17-13(8-11)15-18-6-7-19-15;1-14-12-3-2-10(7-13(12)16(18)19)20-11-4-5-15-9(6-11)8-17/h2-9,16H,1H3,(H,18,19);2-8,14H,1H3. The van der Waals surface area contributed by atoms with E-state index in [9.17, 15) is 25.0 Å². The van der Waals surface area contributed by atoms with E-state index in [4.69, 9.17) is 9.47 Å². The van der Waals surface area contributed by atoms with E-state index in [2.05, 4.69) is 30.6 Å². The summed E-state index contributed by atoms with van der Waals surface area (Å²) in [5.74, 6) is 2.18. The summed E-state index contributed by atoms with van der Waals surface area (Å²) in [6.07, 6.45) is 6.94. The van der Waals surface area contributed by atoms with Crippen molar-refractivity contribution in [1.82, 2.24) is 19.9 Å². The van der Waals surface area contributed by atoms with E-state index in [0.29, 0.717) is 52.2 Å². The lowest BCUT2D eigenvalue weighted by molar-refractivity contribution is -0.384. The van der Waals surface area contributed by atoms with Crippen LogP contribution < -0.4 is 20.1 Å². The minimum Gasteiger partial charge on any atom is -0.457 e. The molecule has 15 nitrogen and oxygen atoms in total. The Bertz CT molecular complexity index is 1750. The minimum atomic E-state index is -0.498. The quantitative estimate of drug-likeness (QED) is 0.101. The van der Waals surface area contributed by atoms with Crippen molar-refractivity contribution in [2.24, 2.45) is 0 Å². The monoisotopic (exact) mass is 584 g/mol. The van der Waals surface area contributed by atoms with E-state index >= 15 is 0 Å². The van der Waals surface area contributed by atoms with Crippen molar-refractivity contribution in [2.45, 2.75) is 0 Å². The molecule has 218 valence electrons. The molecule has 0 amide bonds. The Morgan fingerprint density at radius 3 is 1.74 bits per heavy atom. The van der Waals surface area contributed by atoms with E-state index in [1.807, 2.05) is 0 Å². The van der Waals surface area contributed by atoms with Crippen molar-refractivity contribution in [3.05, 3.63) is 111 Å². The summed E-state index contributed by atoms with van der Waals surface area (Å²) in [5, 5.41) is 27.5. The number of nitro benzene ring substituents is 2. The largest absolute Gasteiger partial charge is 0.457 e. The lowest BCUT2D eigenvalue weighted by atomic mass is 10.2. The molecule has 0 atom stereocenters. The van der Waals surface area contributed by atoms with Crippen molar-refractivity contribution in [2.75, 3.05) is 24.7 Å². The van der Waals surface area contributed by atoms with Gasteiger partial charge in [0.05, 0.1) is 22.0 Å². The molecule has 0 bridgehead atoms. The maximum absolute atomic E-state index is 11.1. The SMILES string of the molecule is CNc1ccc(Oc2ccnc(-c3ncc[nH]3)c2)cc1[N+](=O)[O-].CNc1ccc(Oc2ccnc(C=O)c2)cc1[N+](=O)[O-]. The Balaban J connectivity index is 0.000000199. The first-order valence-corrected chi connectivity index (χ1v) is 12.5. The Morgan fingerprint density at radius 1 is 0.721 bits per heavy atom. The number of rotatable bonds is 10. The van der Waals surface area contributed by atoms with Gasteiger partial charge in [-0.25, -0.2) is 4.98 Å². The lowest BCUT2D eigenvalue weighted by Gasteiger charge is -2.08. The second kappa shape index (κ2) is 13.8. The van der Waals surface area contributed by atoms with E-state index in [1.54, 1.807) is 75.2 Å².